The Hall–Kier alpha value is -2.32. The van der Waals surface area contributed by atoms with Gasteiger partial charge in [0.15, 0.2) is 0 Å². The maximum absolute atomic E-state index is 13.8. The zero-order valence-corrected chi connectivity index (χ0v) is 12.9. The van der Waals surface area contributed by atoms with Gasteiger partial charge in [-0.1, -0.05) is 30.3 Å². The molecule has 0 unspecified atom stereocenters. The molecule has 0 radical (unpaired) electrons. The fraction of sp³-hybridized carbons (Fsp3) is 0.133. The number of carbonyl (C=O) groups is 1. The maximum Gasteiger partial charge on any atom is 0.244 e. The lowest BCUT2D eigenvalue weighted by Gasteiger charge is -2.16. The van der Waals surface area contributed by atoms with Crippen LogP contribution < -0.4 is 10.5 Å². The van der Waals surface area contributed by atoms with E-state index in [1.54, 1.807) is 18.2 Å². The molecular weight excluding hydrogens is 326 g/mol. The van der Waals surface area contributed by atoms with Crippen LogP contribution in [0.2, 0.25) is 0 Å². The van der Waals surface area contributed by atoms with Crippen LogP contribution in [0.5, 0.6) is 0 Å². The van der Waals surface area contributed by atoms with E-state index in [2.05, 4.69) is 0 Å². The van der Waals surface area contributed by atoms with Gasteiger partial charge in [0.1, 0.15) is 22.6 Å². The summed E-state index contributed by atoms with van der Waals surface area (Å²) in [6.45, 7) is 1.30. The number of sulfonamides is 1. The second-order valence-corrected chi connectivity index (χ2v) is 6.58. The second-order valence-electron chi connectivity index (χ2n) is 4.90. The second kappa shape index (κ2) is 6.43. The summed E-state index contributed by atoms with van der Waals surface area (Å²) in [5.74, 6) is -3.06. The molecule has 0 spiro atoms. The summed E-state index contributed by atoms with van der Waals surface area (Å²) in [6, 6.07) is 7.85. The van der Waals surface area contributed by atoms with E-state index in [4.69, 9.17) is 5.73 Å². The summed E-state index contributed by atoms with van der Waals surface area (Å²) in [5, 5.41) is 0. The van der Waals surface area contributed by atoms with Crippen LogP contribution in [0.3, 0.4) is 0 Å². The maximum atomic E-state index is 13.8. The van der Waals surface area contributed by atoms with Crippen molar-refractivity contribution in [1.82, 2.24) is 4.72 Å². The van der Waals surface area contributed by atoms with E-state index in [0.717, 1.165) is 6.07 Å². The summed E-state index contributed by atoms with van der Waals surface area (Å²) in [7, 11) is -4.42. The van der Waals surface area contributed by atoms with Crippen molar-refractivity contribution < 1.29 is 22.0 Å². The van der Waals surface area contributed by atoms with Crippen molar-refractivity contribution >= 4 is 15.9 Å². The van der Waals surface area contributed by atoms with Crippen LogP contribution in [-0.4, -0.2) is 14.3 Å². The van der Waals surface area contributed by atoms with Gasteiger partial charge in [-0.2, -0.15) is 4.72 Å². The molecule has 0 aliphatic heterocycles. The highest BCUT2D eigenvalue weighted by molar-refractivity contribution is 7.89. The first-order chi connectivity index (χ1) is 10.7. The van der Waals surface area contributed by atoms with E-state index in [-0.39, 0.29) is 5.56 Å². The summed E-state index contributed by atoms with van der Waals surface area (Å²) in [4.78, 5) is 10.8. The molecule has 1 atom stereocenters. The average Bonchev–Trinajstić information content (AvgIpc) is 2.49. The zero-order chi connectivity index (χ0) is 17.2. The third kappa shape index (κ3) is 3.72. The van der Waals surface area contributed by atoms with E-state index in [1.807, 2.05) is 4.72 Å². The Morgan fingerprint density at radius 3 is 2.30 bits per heavy atom. The van der Waals surface area contributed by atoms with Gasteiger partial charge in [-0.15, -0.1) is 0 Å². The molecular formula is C15H14F2N2O3S. The Morgan fingerprint density at radius 2 is 1.74 bits per heavy atom. The first-order valence-corrected chi connectivity index (χ1v) is 8.03. The standard InChI is InChI=1S/C15H14F2N2O3S/c1-9-7-13(12(17)8-11(9)16)23(21,22)19-14(15(18)20)10-5-3-2-4-6-10/h2-8,14,19H,1H3,(H2,18,20)/t14-/m0/s1. The molecule has 2 aromatic carbocycles. The first kappa shape index (κ1) is 17.0. The number of benzene rings is 2. The number of halogens is 2. The molecule has 0 fully saturated rings. The Kier molecular flexibility index (Phi) is 4.76. The molecule has 2 rings (SSSR count). The first-order valence-electron chi connectivity index (χ1n) is 6.54. The molecule has 0 bridgehead atoms. The molecule has 0 heterocycles. The lowest BCUT2D eigenvalue weighted by Crippen LogP contribution is -2.37. The van der Waals surface area contributed by atoms with Gasteiger partial charge in [0, 0.05) is 6.07 Å². The minimum atomic E-state index is -4.42. The van der Waals surface area contributed by atoms with Gasteiger partial charge in [0.2, 0.25) is 15.9 Å². The van der Waals surface area contributed by atoms with Gasteiger partial charge in [-0.05, 0) is 24.1 Å². The zero-order valence-electron chi connectivity index (χ0n) is 12.1. The molecule has 0 aliphatic carbocycles. The molecule has 0 saturated heterocycles. The van der Waals surface area contributed by atoms with Gasteiger partial charge in [-0.3, -0.25) is 4.79 Å². The predicted molar refractivity (Wildman–Crippen MR) is 79.8 cm³/mol. The van der Waals surface area contributed by atoms with E-state index in [9.17, 15) is 22.0 Å². The molecule has 8 heteroatoms. The van der Waals surface area contributed by atoms with E-state index in [0.29, 0.717) is 11.6 Å². The number of nitrogens with one attached hydrogen (secondary N) is 1. The van der Waals surface area contributed by atoms with Crippen LogP contribution in [0.4, 0.5) is 8.78 Å². The topological polar surface area (TPSA) is 89.3 Å². The van der Waals surface area contributed by atoms with Gasteiger partial charge in [0.05, 0.1) is 0 Å². The fourth-order valence-electron chi connectivity index (χ4n) is 1.99. The Bertz CT molecular complexity index is 839. The minimum absolute atomic E-state index is 0.0397. The Labute approximate surface area is 132 Å². The lowest BCUT2D eigenvalue weighted by molar-refractivity contribution is -0.119. The SMILES string of the molecule is Cc1cc(S(=O)(=O)N[C@H](C(N)=O)c2ccccc2)c(F)cc1F. The normalized spacial score (nSPS) is 12.8. The minimum Gasteiger partial charge on any atom is -0.368 e. The smallest absolute Gasteiger partial charge is 0.244 e. The molecule has 0 aromatic heterocycles. The Balaban J connectivity index is 2.44. The van der Waals surface area contributed by atoms with Crippen molar-refractivity contribution in [2.24, 2.45) is 5.73 Å². The highest BCUT2D eigenvalue weighted by Gasteiger charge is 2.28. The summed E-state index contributed by atoms with van der Waals surface area (Å²) in [5.41, 5.74) is 5.49. The predicted octanol–water partition coefficient (Wildman–Crippen LogP) is 1.78. The van der Waals surface area contributed by atoms with Crippen molar-refractivity contribution in [3.05, 3.63) is 65.2 Å². The van der Waals surface area contributed by atoms with E-state index < -0.39 is 38.5 Å². The third-order valence-corrected chi connectivity index (χ3v) is 4.63. The monoisotopic (exact) mass is 340 g/mol. The van der Waals surface area contributed by atoms with Crippen LogP contribution in [-0.2, 0) is 14.8 Å². The molecule has 3 N–H and O–H groups in total. The number of hydrogen-bond donors (Lipinski definition) is 2. The van der Waals surface area contributed by atoms with E-state index >= 15 is 0 Å². The lowest BCUT2D eigenvalue weighted by atomic mass is 10.1. The van der Waals surface area contributed by atoms with Crippen molar-refractivity contribution in [3.63, 3.8) is 0 Å². The van der Waals surface area contributed by atoms with E-state index in [1.165, 1.54) is 19.1 Å². The molecule has 122 valence electrons. The number of nitrogens with two attached hydrogens (primary N) is 1. The highest BCUT2D eigenvalue weighted by Crippen LogP contribution is 2.22. The number of amides is 1. The van der Waals surface area contributed by atoms with Crippen LogP contribution in [0.1, 0.15) is 17.2 Å². The van der Waals surface area contributed by atoms with Crippen molar-refractivity contribution in [2.75, 3.05) is 0 Å². The molecule has 5 nitrogen and oxygen atoms in total. The number of rotatable bonds is 5. The Morgan fingerprint density at radius 1 is 1.13 bits per heavy atom. The van der Waals surface area contributed by atoms with Crippen molar-refractivity contribution in [1.29, 1.82) is 0 Å². The number of aryl methyl sites for hydroxylation is 1. The number of carbonyl (C=O) groups excluding carboxylic acids is 1. The van der Waals surface area contributed by atoms with Crippen LogP contribution in [0.15, 0.2) is 47.4 Å². The van der Waals surface area contributed by atoms with Crippen LogP contribution in [0, 0.1) is 18.6 Å². The molecule has 2 aromatic rings. The molecule has 1 amide bonds. The fourth-order valence-corrected chi connectivity index (χ4v) is 3.33. The van der Waals surface area contributed by atoms with Gasteiger partial charge >= 0.3 is 0 Å². The largest absolute Gasteiger partial charge is 0.368 e. The average molecular weight is 340 g/mol. The van der Waals surface area contributed by atoms with Gasteiger partial charge in [0.25, 0.3) is 0 Å². The van der Waals surface area contributed by atoms with Crippen LogP contribution >= 0.6 is 0 Å². The summed E-state index contributed by atoms with van der Waals surface area (Å²) < 4.78 is 53.8. The third-order valence-electron chi connectivity index (χ3n) is 3.19. The molecule has 0 aliphatic rings. The molecule has 23 heavy (non-hydrogen) atoms. The number of primary amides is 1. The quantitative estimate of drug-likeness (QED) is 0.869. The summed E-state index contributed by atoms with van der Waals surface area (Å²) in [6.07, 6.45) is 0. The van der Waals surface area contributed by atoms with Gasteiger partial charge in [-0.25, -0.2) is 17.2 Å². The molecule has 0 saturated carbocycles. The van der Waals surface area contributed by atoms with Gasteiger partial charge < -0.3 is 5.73 Å². The van der Waals surface area contributed by atoms with Crippen molar-refractivity contribution in [2.45, 2.75) is 17.9 Å². The summed E-state index contributed by atoms with van der Waals surface area (Å²) >= 11 is 0. The van der Waals surface area contributed by atoms with Crippen molar-refractivity contribution in [3.8, 4) is 0 Å². The highest BCUT2D eigenvalue weighted by atomic mass is 32.2. The van der Waals surface area contributed by atoms with Crippen LogP contribution in [0.25, 0.3) is 0 Å². The number of hydrogen-bond acceptors (Lipinski definition) is 3.